The Morgan fingerprint density at radius 3 is 2.43 bits per heavy atom. The zero-order valence-corrected chi connectivity index (χ0v) is 8.21. The van der Waals surface area contributed by atoms with Gasteiger partial charge in [0.2, 0.25) is 0 Å². The number of carbonyl (C=O) groups is 1. The minimum Gasteiger partial charge on any atom is -0.295 e. The van der Waals surface area contributed by atoms with Gasteiger partial charge in [0, 0.05) is 17.0 Å². The van der Waals surface area contributed by atoms with E-state index in [-0.39, 0.29) is 5.78 Å². The van der Waals surface area contributed by atoms with Gasteiger partial charge < -0.3 is 0 Å². The van der Waals surface area contributed by atoms with Gasteiger partial charge in [0.25, 0.3) is 0 Å². The first-order chi connectivity index (χ1) is 6.75. The number of carbonyl (C=O) groups excluding carboxylic acids is 1. The van der Waals surface area contributed by atoms with Gasteiger partial charge in [0.05, 0.1) is 0 Å². The van der Waals surface area contributed by atoms with E-state index in [2.05, 4.69) is 11.8 Å². The molecule has 1 saturated carbocycles. The van der Waals surface area contributed by atoms with Crippen molar-refractivity contribution in [3.63, 3.8) is 0 Å². The highest BCUT2D eigenvalue weighted by atomic mass is 16.1. The SMILES string of the molecule is CC(=O)c1ccc(C#CC2CC2)cc1. The highest BCUT2D eigenvalue weighted by molar-refractivity contribution is 5.94. The summed E-state index contributed by atoms with van der Waals surface area (Å²) in [7, 11) is 0. The number of rotatable bonds is 1. The van der Waals surface area contributed by atoms with Gasteiger partial charge in [0.15, 0.2) is 5.78 Å². The van der Waals surface area contributed by atoms with Crippen molar-refractivity contribution in [2.75, 3.05) is 0 Å². The van der Waals surface area contributed by atoms with Crippen LogP contribution in [0, 0.1) is 17.8 Å². The lowest BCUT2D eigenvalue weighted by molar-refractivity contribution is 0.101. The van der Waals surface area contributed by atoms with Gasteiger partial charge in [-0.15, -0.1) is 0 Å². The molecule has 0 N–H and O–H groups in total. The molecule has 0 radical (unpaired) electrons. The van der Waals surface area contributed by atoms with Gasteiger partial charge in [-0.1, -0.05) is 24.0 Å². The van der Waals surface area contributed by atoms with Crippen molar-refractivity contribution in [2.45, 2.75) is 19.8 Å². The third kappa shape index (κ3) is 2.23. The third-order valence-electron chi connectivity index (χ3n) is 2.29. The molecule has 0 heterocycles. The Hall–Kier alpha value is -1.55. The van der Waals surface area contributed by atoms with Crippen LogP contribution in [0.2, 0.25) is 0 Å². The Bertz CT molecular complexity index is 399. The van der Waals surface area contributed by atoms with E-state index >= 15 is 0 Å². The van der Waals surface area contributed by atoms with Gasteiger partial charge in [0.1, 0.15) is 0 Å². The molecule has 1 fully saturated rings. The molecule has 14 heavy (non-hydrogen) atoms. The fourth-order valence-corrected chi connectivity index (χ4v) is 1.20. The summed E-state index contributed by atoms with van der Waals surface area (Å²) >= 11 is 0. The van der Waals surface area contributed by atoms with Crippen LogP contribution in [-0.2, 0) is 0 Å². The van der Waals surface area contributed by atoms with E-state index in [1.165, 1.54) is 12.8 Å². The fraction of sp³-hybridized carbons (Fsp3) is 0.308. The maximum atomic E-state index is 11.0. The molecule has 70 valence electrons. The summed E-state index contributed by atoms with van der Waals surface area (Å²) in [4.78, 5) is 11.0. The summed E-state index contributed by atoms with van der Waals surface area (Å²) in [5, 5.41) is 0. The van der Waals surface area contributed by atoms with Crippen LogP contribution in [0.3, 0.4) is 0 Å². The molecule has 1 heteroatoms. The first-order valence-electron chi connectivity index (χ1n) is 4.88. The largest absolute Gasteiger partial charge is 0.295 e. The van der Waals surface area contributed by atoms with E-state index < -0.39 is 0 Å². The monoisotopic (exact) mass is 184 g/mol. The van der Waals surface area contributed by atoms with Crippen LogP contribution >= 0.6 is 0 Å². The Morgan fingerprint density at radius 2 is 1.93 bits per heavy atom. The van der Waals surface area contributed by atoms with E-state index in [4.69, 9.17) is 0 Å². The fourth-order valence-electron chi connectivity index (χ4n) is 1.20. The zero-order chi connectivity index (χ0) is 9.97. The van der Waals surface area contributed by atoms with Gasteiger partial charge in [-0.3, -0.25) is 4.79 Å². The Kier molecular flexibility index (Phi) is 2.37. The predicted octanol–water partition coefficient (Wildman–Crippen LogP) is 2.65. The number of Topliss-reactive ketones (excluding diaryl/α,β-unsaturated/α-hetero) is 1. The first kappa shape index (κ1) is 9.02. The summed E-state index contributed by atoms with van der Waals surface area (Å²) in [5.41, 5.74) is 1.75. The maximum absolute atomic E-state index is 11.0. The van der Waals surface area contributed by atoms with Crippen LogP contribution < -0.4 is 0 Å². The Balaban J connectivity index is 2.14. The average Bonchev–Trinajstić information content (AvgIpc) is 2.99. The Labute approximate surface area is 84.1 Å². The molecule has 0 spiro atoms. The van der Waals surface area contributed by atoms with Crippen molar-refractivity contribution < 1.29 is 4.79 Å². The quantitative estimate of drug-likeness (QED) is 0.484. The molecule has 0 atom stereocenters. The zero-order valence-electron chi connectivity index (χ0n) is 8.21. The second-order valence-electron chi connectivity index (χ2n) is 3.68. The second kappa shape index (κ2) is 3.67. The normalized spacial score (nSPS) is 14.4. The van der Waals surface area contributed by atoms with E-state index in [9.17, 15) is 4.79 Å². The highest BCUT2D eigenvalue weighted by Crippen LogP contribution is 2.27. The summed E-state index contributed by atoms with van der Waals surface area (Å²) in [6, 6.07) is 7.48. The lowest BCUT2D eigenvalue weighted by Crippen LogP contribution is -1.90. The van der Waals surface area contributed by atoms with Gasteiger partial charge in [-0.2, -0.15) is 0 Å². The molecule has 1 aliphatic carbocycles. The maximum Gasteiger partial charge on any atom is 0.159 e. The summed E-state index contributed by atoms with van der Waals surface area (Å²) < 4.78 is 0. The van der Waals surface area contributed by atoms with Crippen molar-refractivity contribution in [3.8, 4) is 11.8 Å². The minimum atomic E-state index is 0.103. The van der Waals surface area contributed by atoms with Crippen LogP contribution in [0.5, 0.6) is 0 Å². The highest BCUT2D eigenvalue weighted by Gasteiger charge is 2.17. The van der Waals surface area contributed by atoms with Crippen molar-refractivity contribution >= 4 is 5.78 Å². The summed E-state index contributed by atoms with van der Waals surface area (Å²) in [6.07, 6.45) is 2.50. The van der Waals surface area contributed by atoms with E-state index in [0.29, 0.717) is 5.92 Å². The van der Waals surface area contributed by atoms with Crippen LogP contribution in [-0.4, -0.2) is 5.78 Å². The first-order valence-corrected chi connectivity index (χ1v) is 4.88. The summed E-state index contributed by atoms with van der Waals surface area (Å²) in [6.45, 7) is 1.57. The molecule has 0 aliphatic heterocycles. The van der Waals surface area contributed by atoms with Crippen molar-refractivity contribution in [2.24, 2.45) is 5.92 Å². The van der Waals surface area contributed by atoms with E-state index in [0.717, 1.165) is 11.1 Å². The molecule has 0 bridgehead atoms. The molecular formula is C13H12O. The molecule has 0 amide bonds. The minimum absolute atomic E-state index is 0.103. The third-order valence-corrected chi connectivity index (χ3v) is 2.29. The average molecular weight is 184 g/mol. The van der Waals surface area contributed by atoms with Crippen LogP contribution in [0.15, 0.2) is 24.3 Å². The standard InChI is InChI=1S/C13H12O/c1-10(14)13-8-6-12(7-9-13)5-4-11-2-3-11/h6-9,11H,2-3H2,1H3. The second-order valence-corrected chi connectivity index (χ2v) is 3.68. The van der Waals surface area contributed by atoms with Crippen LogP contribution in [0.4, 0.5) is 0 Å². The number of hydrogen-bond acceptors (Lipinski definition) is 1. The molecular weight excluding hydrogens is 172 g/mol. The van der Waals surface area contributed by atoms with Crippen molar-refractivity contribution in [1.29, 1.82) is 0 Å². The van der Waals surface area contributed by atoms with Gasteiger partial charge in [-0.25, -0.2) is 0 Å². The van der Waals surface area contributed by atoms with Gasteiger partial charge in [-0.05, 0) is 31.9 Å². The lowest BCUT2D eigenvalue weighted by atomic mass is 10.1. The molecule has 1 aromatic carbocycles. The van der Waals surface area contributed by atoms with Gasteiger partial charge >= 0.3 is 0 Å². The number of benzene rings is 1. The lowest BCUT2D eigenvalue weighted by Gasteiger charge is -1.94. The van der Waals surface area contributed by atoms with Crippen molar-refractivity contribution in [1.82, 2.24) is 0 Å². The smallest absolute Gasteiger partial charge is 0.159 e. The molecule has 1 aliphatic rings. The molecule has 0 saturated heterocycles. The van der Waals surface area contributed by atoms with Crippen molar-refractivity contribution in [3.05, 3.63) is 35.4 Å². The molecule has 1 aromatic rings. The van der Waals surface area contributed by atoms with Crippen LogP contribution in [0.25, 0.3) is 0 Å². The molecule has 1 nitrogen and oxygen atoms in total. The van der Waals surface area contributed by atoms with E-state index in [1.807, 2.05) is 24.3 Å². The number of hydrogen-bond donors (Lipinski definition) is 0. The molecule has 2 rings (SSSR count). The summed E-state index contributed by atoms with van der Waals surface area (Å²) in [5.74, 6) is 7.03. The molecule has 0 aromatic heterocycles. The predicted molar refractivity (Wildman–Crippen MR) is 56.0 cm³/mol. The van der Waals surface area contributed by atoms with Crippen LogP contribution in [0.1, 0.15) is 35.7 Å². The Morgan fingerprint density at radius 1 is 1.29 bits per heavy atom. The number of ketones is 1. The topological polar surface area (TPSA) is 17.1 Å². The van der Waals surface area contributed by atoms with E-state index in [1.54, 1.807) is 6.92 Å². The molecule has 0 unspecified atom stereocenters.